The first-order chi connectivity index (χ1) is 11.5. The number of hydrogen-bond donors (Lipinski definition) is 1. The minimum atomic E-state index is -0.198. The van der Waals surface area contributed by atoms with Crippen molar-refractivity contribution >= 4 is 17.7 Å². The first-order valence-electron chi connectivity index (χ1n) is 7.92. The van der Waals surface area contributed by atoms with Gasteiger partial charge < -0.3 is 19.9 Å². The quantitative estimate of drug-likeness (QED) is 0.825. The van der Waals surface area contributed by atoms with Crippen molar-refractivity contribution in [1.29, 1.82) is 0 Å². The molecule has 0 unspecified atom stereocenters. The Morgan fingerprint density at radius 3 is 2.17 bits per heavy atom. The fourth-order valence-corrected chi connectivity index (χ4v) is 2.55. The van der Waals surface area contributed by atoms with Crippen molar-refractivity contribution in [2.75, 3.05) is 39.8 Å². The summed E-state index contributed by atoms with van der Waals surface area (Å²) in [6.07, 6.45) is 0.218. The topological polar surface area (TPSA) is 79.0 Å². The van der Waals surface area contributed by atoms with E-state index >= 15 is 0 Å². The second-order valence-corrected chi connectivity index (χ2v) is 5.69. The van der Waals surface area contributed by atoms with Crippen LogP contribution in [-0.4, -0.2) is 67.4 Å². The number of piperazine rings is 1. The summed E-state index contributed by atoms with van der Waals surface area (Å²) in [5.74, 6) is 0.436. The van der Waals surface area contributed by atoms with Crippen LogP contribution in [0.5, 0.6) is 5.75 Å². The first-order valence-corrected chi connectivity index (χ1v) is 7.92. The van der Waals surface area contributed by atoms with Gasteiger partial charge in [-0.15, -0.1) is 0 Å². The van der Waals surface area contributed by atoms with Crippen LogP contribution in [0.25, 0.3) is 0 Å². The molecule has 7 nitrogen and oxygen atoms in total. The van der Waals surface area contributed by atoms with E-state index < -0.39 is 0 Å². The van der Waals surface area contributed by atoms with Crippen LogP contribution in [0.15, 0.2) is 24.3 Å². The van der Waals surface area contributed by atoms with Crippen molar-refractivity contribution in [3.05, 3.63) is 29.8 Å². The monoisotopic (exact) mass is 333 g/mol. The molecule has 130 valence electrons. The number of benzene rings is 1. The number of nitrogens with one attached hydrogen (secondary N) is 1. The Morgan fingerprint density at radius 1 is 1.04 bits per heavy atom. The summed E-state index contributed by atoms with van der Waals surface area (Å²) in [4.78, 5) is 38.7. The lowest BCUT2D eigenvalue weighted by molar-refractivity contribution is -0.138. The lowest BCUT2D eigenvalue weighted by Crippen LogP contribution is -2.52. The maximum atomic E-state index is 12.1. The Labute approximate surface area is 141 Å². The number of carbonyl (C=O) groups is 3. The van der Waals surface area contributed by atoms with E-state index in [4.69, 9.17) is 4.74 Å². The molecule has 1 N–H and O–H groups in total. The Morgan fingerprint density at radius 2 is 1.62 bits per heavy atom. The fourth-order valence-electron chi connectivity index (χ4n) is 2.55. The Kier molecular flexibility index (Phi) is 6.17. The number of hydrogen-bond acceptors (Lipinski definition) is 4. The van der Waals surface area contributed by atoms with Gasteiger partial charge >= 0.3 is 0 Å². The van der Waals surface area contributed by atoms with Crippen molar-refractivity contribution in [3.63, 3.8) is 0 Å². The van der Waals surface area contributed by atoms with Crippen LogP contribution in [0.1, 0.15) is 12.5 Å². The maximum absolute atomic E-state index is 12.1. The van der Waals surface area contributed by atoms with Crippen molar-refractivity contribution in [3.8, 4) is 5.75 Å². The molecule has 1 aliphatic rings. The molecule has 1 aliphatic heterocycles. The molecule has 0 saturated carbocycles. The SMILES string of the molecule is COc1ccc(CC(=O)NCC(=O)N2CCN(C(C)=O)CC2)cc1. The molecule has 1 aromatic carbocycles. The number of ether oxygens (including phenoxy) is 1. The maximum Gasteiger partial charge on any atom is 0.242 e. The lowest BCUT2D eigenvalue weighted by Gasteiger charge is -2.34. The predicted octanol–water partition coefficient (Wildman–Crippen LogP) is 0.0446. The number of methoxy groups -OCH3 is 1. The molecule has 2 rings (SSSR count). The number of nitrogens with zero attached hydrogens (tertiary/aromatic N) is 2. The number of carbonyl (C=O) groups excluding carboxylic acids is 3. The van der Waals surface area contributed by atoms with Crippen molar-refractivity contribution in [1.82, 2.24) is 15.1 Å². The summed E-state index contributed by atoms with van der Waals surface area (Å²) >= 11 is 0. The summed E-state index contributed by atoms with van der Waals surface area (Å²) in [6, 6.07) is 7.23. The van der Waals surface area contributed by atoms with E-state index in [9.17, 15) is 14.4 Å². The Hall–Kier alpha value is -2.57. The van der Waals surface area contributed by atoms with Crippen LogP contribution in [0.3, 0.4) is 0 Å². The van der Waals surface area contributed by atoms with Gasteiger partial charge in [-0.05, 0) is 17.7 Å². The highest BCUT2D eigenvalue weighted by Gasteiger charge is 2.22. The average Bonchev–Trinajstić information content (AvgIpc) is 2.60. The molecule has 1 heterocycles. The van der Waals surface area contributed by atoms with E-state index in [0.29, 0.717) is 26.2 Å². The molecule has 1 fully saturated rings. The highest BCUT2D eigenvalue weighted by atomic mass is 16.5. The second-order valence-electron chi connectivity index (χ2n) is 5.69. The molecule has 0 bridgehead atoms. The van der Waals surface area contributed by atoms with Gasteiger partial charge in [0.25, 0.3) is 0 Å². The zero-order valence-corrected chi connectivity index (χ0v) is 14.1. The van der Waals surface area contributed by atoms with E-state index in [-0.39, 0.29) is 30.7 Å². The Balaban J connectivity index is 1.73. The summed E-state index contributed by atoms with van der Waals surface area (Å²) in [7, 11) is 1.59. The van der Waals surface area contributed by atoms with Crippen LogP contribution in [0.2, 0.25) is 0 Å². The fraction of sp³-hybridized carbons (Fsp3) is 0.471. The van der Waals surface area contributed by atoms with Crippen LogP contribution < -0.4 is 10.1 Å². The molecule has 1 aromatic rings. The summed E-state index contributed by atoms with van der Waals surface area (Å²) < 4.78 is 5.07. The standard InChI is InChI=1S/C17H23N3O4/c1-13(21)19-7-9-20(10-8-19)17(23)12-18-16(22)11-14-3-5-15(24-2)6-4-14/h3-6H,7-12H2,1-2H3,(H,18,22). The summed E-state index contributed by atoms with van der Waals surface area (Å²) in [5.41, 5.74) is 0.857. The van der Waals surface area contributed by atoms with E-state index in [2.05, 4.69) is 5.32 Å². The molecule has 0 spiro atoms. The second kappa shape index (κ2) is 8.33. The van der Waals surface area contributed by atoms with Gasteiger partial charge in [-0.25, -0.2) is 0 Å². The first kappa shape index (κ1) is 17.8. The number of amides is 3. The zero-order chi connectivity index (χ0) is 17.5. The lowest BCUT2D eigenvalue weighted by atomic mass is 10.1. The molecular weight excluding hydrogens is 310 g/mol. The Bertz CT molecular complexity index is 592. The average molecular weight is 333 g/mol. The normalized spacial score (nSPS) is 14.2. The summed E-state index contributed by atoms with van der Waals surface area (Å²) in [6.45, 7) is 3.60. The van der Waals surface area contributed by atoms with Crippen molar-refractivity contribution in [2.24, 2.45) is 0 Å². The van der Waals surface area contributed by atoms with Gasteiger partial charge in [0, 0.05) is 33.1 Å². The smallest absolute Gasteiger partial charge is 0.242 e. The molecular formula is C17H23N3O4. The van der Waals surface area contributed by atoms with Gasteiger partial charge in [-0.2, -0.15) is 0 Å². The van der Waals surface area contributed by atoms with Crippen LogP contribution in [-0.2, 0) is 20.8 Å². The highest BCUT2D eigenvalue weighted by Crippen LogP contribution is 2.11. The van der Waals surface area contributed by atoms with Gasteiger partial charge in [0.15, 0.2) is 0 Å². The highest BCUT2D eigenvalue weighted by molar-refractivity contribution is 5.86. The van der Waals surface area contributed by atoms with Gasteiger partial charge in [0.05, 0.1) is 20.1 Å². The van der Waals surface area contributed by atoms with Crippen molar-refractivity contribution in [2.45, 2.75) is 13.3 Å². The van der Waals surface area contributed by atoms with E-state index in [1.807, 2.05) is 12.1 Å². The van der Waals surface area contributed by atoms with Crippen LogP contribution in [0, 0.1) is 0 Å². The minimum absolute atomic E-state index is 0.0188. The van der Waals surface area contributed by atoms with Gasteiger partial charge in [0.2, 0.25) is 17.7 Å². The van der Waals surface area contributed by atoms with Gasteiger partial charge in [0.1, 0.15) is 5.75 Å². The molecule has 24 heavy (non-hydrogen) atoms. The predicted molar refractivity (Wildman–Crippen MR) is 88.5 cm³/mol. The molecule has 3 amide bonds. The largest absolute Gasteiger partial charge is 0.497 e. The van der Waals surface area contributed by atoms with E-state index in [1.165, 1.54) is 6.92 Å². The number of rotatable bonds is 5. The zero-order valence-electron chi connectivity index (χ0n) is 14.1. The third kappa shape index (κ3) is 4.97. The molecule has 7 heteroatoms. The third-order valence-electron chi connectivity index (χ3n) is 4.04. The molecule has 1 saturated heterocycles. The molecule has 0 atom stereocenters. The van der Waals surface area contributed by atoms with Crippen LogP contribution in [0.4, 0.5) is 0 Å². The molecule has 0 aliphatic carbocycles. The third-order valence-corrected chi connectivity index (χ3v) is 4.04. The molecule has 0 radical (unpaired) electrons. The van der Waals surface area contributed by atoms with Gasteiger partial charge in [-0.1, -0.05) is 12.1 Å². The van der Waals surface area contributed by atoms with E-state index in [0.717, 1.165) is 11.3 Å². The van der Waals surface area contributed by atoms with Crippen LogP contribution >= 0.6 is 0 Å². The molecule has 0 aromatic heterocycles. The minimum Gasteiger partial charge on any atom is -0.497 e. The summed E-state index contributed by atoms with van der Waals surface area (Å²) in [5, 5.41) is 2.65. The van der Waals surface area contributed by atoms with Crippen molar-refractivity contribution < 1.29 is 19.1 Å². The van der Waals surface area contributed by atoms with E-state index in [1.54, 1.807) is 29.0 Å². The van der Waals surface area contributed by atoms with Gasteiger partial charge in [-0.3, -0.25) is 14.4 Å².